The van der Waals surface area contributed by atoms with E-state index in [4.69, 9.17) is 4.74 Å². The Hall–Kier alpha value is -1.88. The van der Waals surface area contributed by atoms with Gasteiger partial charge in [-0.1, -0.05) is 17.7 Å². The minimum Gasteiger partial charge on any atom is -0.380 e. The summed E-state index contributed by atoms with van der Waals surface area (Å²) in [5, 5.41) is 6.61. The van der Waals surface area contributed by atoms with Crippen molar-refractivity contribution < 1.29 is 9.13 Å². The predicted octanol–water partition coefficient (Wildman–Crippen LogP) is 3.53. The third kappa shape index (κ3) is 5.96. The molecular weight excluding hydrogens is 305 g/mol. The first-order valence-electron chi connectivity index (χ1n) is 8.61. The van der Waals surface area contributed by atoms with E-state index in [0.717, 1.165) is 24.5 Å². The molecule has 0 bridgehead atoms. The van der Waals surface area contributed by atoms with Crippen molar-refractivity contribution in [2.45, 2.75) is 45.3 Å². The Kier molecular flexibility index (Phi) is 7.75. The van der Waals surface area contributed by atoms with Gasteiger partial charge in [-0.3, -0.25) is 4.99 Å². The zero-order chi connectivity index (χ0) is 17.2. The van der Waals surface area contributed by atoms with Gasteiger partial charge in [-0.25, -0.2) is 4.39 Å². The third-order valence-electron chi connectivity index (χ3n) is 4.22. The quantitative estimate of drug-likeness (QED) is 0.456. The Labute approximate surface area is 144 Å². The number of nitrogens with zero attached hydrogens (tertiary/aromatic N) is 1. The number of rotatable bonds is 7. The van der Waals surface area contributed by atoms with Gasteiger partial charge < -0.3 is 15.4 Å². The Morgan fingerprint density at radius 3 is 2.88 bits per heavy atom. The van der Waals surface area contributed by atoms with Gasteiger partial charge in [-0.15, -0.1) is 0 Å². The number of hydrogen-bond acceptors (Lipinski definition) is 2. The normalized spacial score (nSPS) is 15.1. The van der Waals surface area contributed by atoms with Crippen LogP contribution in [0.3, 0.4) is 0 Å². The first-order chi connectivity index (χ1) is 11.7. The summed E-state index contributed by atoms with van der Waals surface area (Å²) >= 11 is 0. The van der Waals surface area contributed by atoms with Crippen molar-refractivity contribution in [3.05, 3.63) is 46.8 Å². The summed E-state index contributed by atoms with van der Waals surface area (Å²) in [7, 11) is 3.33. The topological polar surface area (TPSA) is 45.7 Å². The van der Waals surface area contributed by atoms with Crippen LogP contribution in [0.15, 0.2) is 34.8 Å². The summed E-state index contributed by atoms with van der Waals surface area (Å²) in [5.41, 5.74) is 3.12. The molecule has 0 radical (unpaired) electrons. The van der Waals surface area contributed by atoms with Crippen molar-refractivity contribution in [3.8, 4) is 0 Å². The van der Waals surface area contributed by atoms with E-state index in [9.17, 15) is 4.39 Å². The lowest BCUT2D eigenvalue weighted by Crippen LogP contribution is -2.37. The van der Waals surface area contributed by atoms with Crippen molar-refractivity contribution in [1.29, 1.82) is 0 Å². The van der Waals surface area contributed by atoms with Gasteiger partial charge in [0.15, 0.2) is 5.96 Å². The van der Waals surface area contributed by atoms with Crippen LogP contribution in [0, 0.1) is 5.82 Å². The van der Waals surface area contributed by atoms with Gasteiger partial charge in [-0.05, 0) is 49.8 Å². The minimum absolute atomic E-state index is 0.233. The van der Waals surface area contributed by atoms with Crippen LogP contribution in [-0.2, 0) is 17.9 Å². The zero-order valence-electron chi connectivity index (χ0n) is 14.7. The molecule has 1 aromatic rings. The van der Waals surface area contributed by atoms with Gasteiger partial charge in [0.05, 0.1) is 6.61 Å². The van der Waals surface area contributed by atoms with Crippen molar-refractivity contribution >= 4 is 5.96 Å². The molecule has 0 saturated carbocycles. The Morgan fingerprint density at radius 1 is 1.29 bits per heavy atom. The molecule has 0 aliphatic heterocycles. The molecule has 0 amide bonds. The summed E-state index contributed by atoms with van der Waals surface area (Å²) < 4.78 is 18.6. The lowest BCUT2D eigenvalue weighted by Gasteiger charge is -2.15. The second-order valence-corrected chi connectivity index (χ2v) is 6.07. The number of guanidine groups is 1. The maximum Gasteiger partial charge on any atom is 0.191 e. The molecule has 1 aromatic carbocycles. The number of halogens is 1. The van der Waals surface area contributed by atoms with Crippen LogP contribution in [0.4, 0.5) is 4.39 Å². The van der Waals surface area contributed by atoms with E-state index in [-0.39, 0.29) is 12.4 Å². The molecule has 2 N–H and O–H groups in total. The van der Waals surface area contributed by atoms with Crippen LogP contribution >= 0.6 is 0 Å². The molecule has 5 heteroatoms. The maximum absolute atomic E-state index is 13.6. The highest BCUT2D eigenvalue weighted by Gasteiger charge is 2.06. The van der Waals surface area contributed by atoms with Gasteiger partial charge in [0.25, 0.3) is 0 Å². The molecule has 0 unspecified atom stereocenters. The molecule has 0 atom stereocenters. The number of aliphatic imine (C=N–C) groups is 1. The van der Waals surface area contributed by atoms with E-state index in [2.05, 4.69) is 21.7 Å². The fourth-order valence-electron chi connectivity index (χ4n) is 2.88. The molecule has 4 nitrogen and oxygen atoms in total. The number of hydrogen-bond donors (Lipinski definition) is 2. The number of methoxy groups -OCH3 is 1. The van der Waals surface area contributed by atoms with Crippen LogP contribution in [0.5, 0.6) is 0 Å². The molecule has 1 aliphatic carbocycles. The fraction of sp³-hybridized carbons (Fsp3) is 0.526. The summed E-state index contributed by atoms with van der Waals surface area (Å²) in [6.07, 6.45) is 8.52. The second kappa shape index (κ2) is 10.1. The maximum atomic E-state index is 13.6. The molecule has 0 heterocycles. The Balaban J connectivity index is 1.78. The van der Waals surface area contributed by atoms with Gasteiger partial charge >= 0.3 is 0 Å². The van der Waals surface area contributed by atoms with Crippen LogP contribution in [0.1, 0.15) is 43.2 Å². The largest absolute Gasteiger partial charge is 0.380 e. The lowest BCUT2D eigenvalue weighted by molar-refractivity contribution is 0.181. The summed E-state index contributed by atoms with van der Waals surface area (Å²) in [6, 6.07) is 5.09. The molecule has 0 saturated heterocycles. The van der Waals surface area contributed by atoms with Crippen LogP contribution in [0.25, 0.3) is 0 Å². The second-order valence-electron chi connectivity index (χ2n) is 6.07. The van der Waals surface area contributed by atoms with Crippen molar-refractivity contribution in [3.63, 3.8) is 0 Å². The van der Waals surface area contributed by atoms with E-state index in [1.165, 1.54) is 31.7 Å². The summed E-state index contributed by atoms with van der Waals surface area (Å²) in [5.74, 6) is 0.535. The fourth-order valence-corrected chi connectivity index (χ4v) is 2.88. The highest BCUT2D eigenvalue weighted by molar-refractivity contribution is 5.79. The molecule has 0 fully saturated rings. The van der Waals surface area contributed by atoms with Crippen LogP contribution in [-0.4, -0.2) is 26.7 Å². The molecular formula is C19H28FN3O. The number of ether oxygens (including phenoxy) is 1. The highest BCUT2D eigenvalue weighted by atomic mass is 19.1. The monoisotopic (exact) mass is 333 g/mol. The van der Waals surface area contributed by atoms with Crippen LogP contribution < -0.4 is 10.6 Å². The molecule has 0 spiro atoms. The van der Waals surface area contributed by atoms with Gasteiger partial charge in [0, 0.05) is 32.8 Å². The molecule has 132 valence electrons. The molecule has 2 rings (SSSR count). The van der Waals surface area contributed by atoms with Gasteiger partial charge in [0.2, 0.25) is 0 Å². The Bertz CT molecular complexity index is 584. The highest BCUT2D eigenvalue weighted by Crippen LogP contribution is 2.19. The first-order valence-corrected chi connectivity index (χ1v) is 8.61. The Morgan fingerprint density at radius 2 is 2.17 bits per heavy atom. The zero-order valence-corrected chi connectivity index (χ0v) is 14.7. The average molecular weight is 333 g/mol. The van der Waals surface area contributed by atoms with Crippen molar-refractivity contribution in [2.24, 2.45) is 4.99 Å². The van der Waals surface area contributed by atoms with Crippen molar-refractivity contribution in [2.75, 3.05) is 20.7 Å². The van der Waals surface area contributed by atoms with Gasteiger partial charge in [-0.2, -0.15) is 0 Å². The standard InChI is InChI=1S/C19H28FN3O/c1-21-19(22-11-10-15-6-4-3-5-7-15)23-13-16-8-9-18(20)17(12-16)14-24-2/h6,8-9,12H,3-5,7,10-11,13-14H2,1-2H3,(H2,21,22,23). The van der Waals surface area contributed by atoms with E-state index in [1.54, 1.807) is 25.8 Å². The van der Waals surface area contributed by atoms with Gasteiger partial charge in [0.1, 0.15) is 5.82 Å². The SMILES string of the molecule is CN=C(NCCC1=CCCCC1)NCc1ccc(F)c(COC)c1. The molecule has 24 heavy (non-hydrogen) atoms. The van der Waals surface area contributed by atoms with Crippen LogP contribution in [0.2, 0.25) is 0 Å². The predicted molar refractivity (Wildman–Crippen MR) is 96.5 cm³/mol. The van der Waals surface area contributed by atoms with Crippen molar-refractivity contribution in [1.82, 2.24) is 10.6 Å². The lowest BCUT2D eigenvalue weighted by atomic mass is 9.97. The van der Waals surface area contributed by atoms with E-state index >= 15 is 0 Å². The number of allylic oxidation sites excluding steroid dienone is 1. The van der Waals surface area contributed by atoms with E-state index < -0.39 is 0 Å². The van der Waals surface area contributed by atoms with E-state index in [0.29, 0.717) is 12.1 Å². The third-order valence-corrected chi connectivity index (χ3v) is 4.22. The smallest absolute Gasteiger partial charge is 0.191 e. The van der Waals surface area contributed by atoms with E-state index in [1.807, 2.05) is 6.07 Å². The summed E-state index contributed by atoms with van der Waals surface area (Å²) in [4.78, 5) is 4.24. The minimum atomic E-state index is -0.233. The molecule has 1 aliphatic rings. The average Bonchev–Trinajstić information content (AvgIpc) is 2.61. The summed E-state index contributed by atoms with van der Waals surface area (Å²) in [6.45, 7) is 1.75. The first kappa shape index (κ1) is 18.5. The molecule has 0 aromatic heterocycles. The number of benzene rings is 1. The number of nitrogens with one attached hydrogen (secondary N) is 2.